The van der Waals surface area contributed by atoms with Gasteiger partial charge < -0.3 is 19.7 Å². The summed E-state index contributed by atoms with van der Waals surface area (Å²) in [4.78, 5) is 33.4. The Bertz CT molecular complexity index is 1050. The van der Waals surface area contributed by atoms with Gasteiger partial charge in [0.1, 0.15) is 5.82 Å². The normalized spacial score (nSPS) is 15.2. The van der Waals surface area contributed by atoms with Gasteiger partial charge in [0, 0.05) is 56.5 Å². The van der Waals surface area contributed by atoms with Crippen LogP contribution in [0.2, 0.25) is 0 Å². The molecule has 0 fully saturated rings. The largest absolute Gasteiger partial charge is 0.377 e. The summed E-state index contributed by atoms with van der Waals surface area (Å²) >= 11 is 1.09. The van der Waals surface area contributed by atoms with Crippen LogP contribution in [0.15, 0.2) is 24.4 Å². The van der Waals surface area contributed by atoms with Crippen molar-refractivity contribution in [3.63, 3.8) is 0 Å². The fourth-order valence-electron chi connectivity index (χ4n) is 4.94. The van der Waals surface area contributed by atoms with Gasteiger partial charge >= 0.3 is 0 Å². The van der Waals surface area contributed by atoms with E-state index in [1.807, 2.05) is 17.9 Å². The third-order valence-electron chi connectivity index (χ3n) is 6.64. The van der Waals surface area contributed by atoms with Crippen molar-refractivity contribution in [3.05, 3.63) is 51.6 Å². The monoisotopic (exact) mass is 503 g/mol. The van der Waals surface area contributed by atoms with Crippen LogP contribution in [0.4, 0.5) is 4.39 Å². The number of fused-ring (bicyclic) bond motifs is 1. The maximum Gasteiger partial charge on any atom is 0.219 e. The molecule has 1 aliphatic rings. The zero-order valence-corrected chi connectivity index (χ0v) is 22.3. The summed E-state index contributed by atoms with van der Waals surface area (Å²) < 4.78 is 16.0. The molecule has 0 aromatic carbocycles. The fourth-order valence-corrected chi connectivity index (χ4v) is 5.75. The number of aromatic nitrogens is 2. The molecule has 2 aromatic rings. The van der Waals surface area contributed by atoms with Crippen LogP contribution in [0.3, 0.4) is 0 Å². The Morgan fingerprint density at radius 3 is 2.63 bits per heavy atom. The molecule has 0 radical (unpaired) electrons. The second-order valence-corrected chi connectivity index (χ2v) is 10.2. The van der Waals surface area contributed by atoms with Gasteiger partial charge in [-0.3, -0.25) is 9.59 Å². The lowest BCUT2D eigenvalue weighted by Gasteiger charge is -2.30. The van der Waals surface area contributed by atoms with Gasteiger partial charge in [0.05, 0.1) is 18.3 Å². The van der Waals surface area contributed by atoms with Crippen molar-refractivity contribution in [2.45, 2.75) is 78.9 Å². The van der Waals surface area contributed by atoms with E-state index >= 15 is 0 Å². The Morgan fingerprint density at radius 2 is 2.03 bits per heavy atom. The lowest BCUT2D eigenvalue weighted by molar-refractivity contribution is -0.129. The summed E-state index contributed by atoms with van der Waals surface area (Å²) in [6.07, 6.45) is 7.60. The van der Waals surface area contributed by atoms with Crippen molar-refractivity contribution in [1.82, 2.24) is 24.7 Å². The van der Waals surface area contributed by atoms with Crippen LogP contribution in [0.5, 0.6) is 0 Å². The number of nitrogens with zero attached hydrogens (tertiary/aromatic N) is 4. The van der Waals surface area contributed by atoms with E-state index in [0.717, 1.165) is 66.6 Å². The predicted octanol–water partition coefficient (Wildman–Crippen LogP) is 4.74. The molecule has 2 aromatic heterocycles. The maximum absolute atomic E-state index is 13.6. The van der Waals surface area contributed by atoms with Gasteiger partial charge in [-0.15, -0.1) is 11.3 Å². The van der Waals surface area contributed by atoms with Crippen LogP contribution in [0, 0.1) is 12.1 Å². The van der Waals surface area contributed by atoms with Crippen LogP contribution >= 0.6 is 11.3 Å². The van der Waals surface area contributed by atoms with Crippen molar-refractivity contribution in [1.29, 1.82) is 0 Å². The van der Waals surface area contributed by atoms with Crippen molar-refractivity contribution >= 4 is 23.2 Å². The number of hydrogen-bond acceptors (Lipinski definition) is 5. The smallest absolute Gasteiger partial charge is 0.219 e. The number of allylic oxidation sites excluding steroid dienone is 1. The molecule has 0 saturated heterocycles. The molecule has 35 heavy (non-hydrogen) atoms. The molecule has 0 saturated carbocycles. The van der Waals surface area contributed by atoms with E-state index in [1.165, 1.54) is 18.7 Å². The summed E-state index contributed by atoms with van der Waals surface area (Å²) in [5.74, 6) is 0.992. The van der Waals surface area contributed by atoms with Crippen molar-refractivity contribution in [2.75, 3.05) is 19.6 Å². The number of carbonyl (C=O) groups is 2. The van der Waals surface area contributed by atoms with Crippen LogP contribution in [0.25, 0.3) is 0 Å². The first kappa shape index (κ1) is 26.9. The molecule has 0 aliphatic carbocycles. The quantitative estimate of drug-likeness (QED) is 0.481. The van der Waals surface area contributed by atoms with E-state index in [-0.39, 0.29) is 23.0 Å². The average molecular weight is 504 g/mol. The molecule has 0 spiro atoms. The first-order valence-corrected chi connectivity index (χ1v) is 13.3. The van der Waals surface area contributed by atoms with Crippen LogP contribution < -0.4 is 5.32 Å². The molecule has 3 heterocycles. The summed E-state index contributed by atoms with van der Waals surface area (Å²) in [5, 5.41) is 2.73. The third kappa shape index (κ3) is 6.93. The third-order valence-corrected chi connectivity index (χ3v) is 7.63. The highest BCUT2D eigenvalue weighted by Crippen LogP contribution is 2.28. The summed E-state index contributed by atoms with van der Waals surface area (Å²) in [6.45, 7) is 12.3. The Kier molecular flexibility index (Phi) is 9.48. The second kappa shape index (κ2) is 12.3. The first-order chi connectivity index (χ1) is 16.7. The lowest BCUT2D eigenvalue weighted by atomic mass is 10.1. The van der Waals surface area contributed by atoms with Gasteiger partial charge in [0.25, 0.3) is 0 Å². The van der Waals surface area contributed by atoms with E-state index in [4.69, 9.17) is 4.98 Å². The van der Waals surface area contributed by atoms with E-state index < -0.39 is 0 Å². The molecular weight excluding hydrogens is 465 g/mol. The minimum Gasteiger partial charge on any atom is -0.377 e. The molecule has 0 bridgehead atoms. The molecule has 3 rings (SSSR count). The average Bonchev–Trinajstić information content (AvgIpc) is 3.38. The zero-order chi connectivity index (χ0) is 25.5. The van der Waals surface area contributed by atoms with Crippen molar-refractivity contribution < 1.29 is 14.0 Å². The minimum atomic E-state index is -0.239. The Hall–Kier alpha value is -2.68. The van der Waals surface area contributed by atoms with E-state index in [1.54, 1.807) is 13.0 Å². The Balaban J connectivity index is 1.67. The van der Waals surface area contributed by atoms with Gasteiger partial charge in [-0.05, 0) is 51.4 Å². The number of aryl methyl sites for hydroxylation is 1. The van der Waals surface area contributed by atoms with Gasteiger partial charge in [-0.2, -0.15) is 4.39 Å². The summed E-state index contributed by atoms with van der Waals surface area (Å²) in [5.41, 5.74) is 2.28. The van der Waals surface area contributed by atoms with E-state index in [9.17, 15) is 14.0 Å². The maximum atomic E-state index is 13.6. The standard InChI is InChI=1S/C26H38FN5O2S/c1-6-13-30(15-11-22(29-19(4)33)25-8-9-26(27)35-25)14-10-21(7-2)32-18(3)28-23-17-31(20(5)34)16-12-24(23)32/h6,8-9,13,21-22H,7,10-12,14-17H2,1-5H3,(H,29,33)/b13-6+/t21?,22-/m0/s1. The molecule has 1 unspecified atom stereocenters. The molecule has 2 atom stereocenters. The van der Waals surface area contributed by atoms with Crippen LogP contribution in [-0.2, 0) is 22.6 Å². The van der Waals surface area contributed by atoms with Crippen LogP contribution in [-0.4, -0.2) is 50.8 Å². The number of halogens is 1. The zero-order valence-electron chi connectivity index (χ0n) is 21.5. The van der Waals surface area contributed by atoms with Gasteiger partial charge in [0.2, 0.25) is 11.8 Å². The lowest BCUT2D eigenvalue weighted by Crippen LogP contribution is -2.35. The van der Waals surface area contributed by atoms with Gasteiger partial charge in [-0.1, -0.05) is 13.0 Å². The van der Waals surface area contributed by atoms with E-state index in [0.29, 0.717) is 19.0 Å². The number of carbonyl (C=O) groups excluding carboxylic acids is 2. The SMILES string of the molecule is C/C=C/N(CCC(CC)n1c(C)nc2c1CCN(C(C)=O)C2)CC[C@H](NC(C)=O)c1ccc(F)s1. The fraction of sp³-hybridized carbons (Fsp3) is 0.577. The second-order valence-electron chi connectivity index (χ2n) is 9.17. The summed E-state index contributed by atoms with van der Waals surface area (Å²) in [6, 6.07) is 3.32. The Labute approximate surface area is 212 Å². The highest BCUT2D eigenvalue weighted by Gasteiger charge is 2.27. The molecular formula is C26H38FN5O2S. The Morgan fingerprint density at radius 1 is 1.29 bits per heavy atom. The van der Waals surface area contributed by atoms with E-state index in [2.05, 4.69) is 34.8 Å². The molecule has 9 heteroatoms. The summed E-state index contributed by atoms with van der Waals surface area (Å²) in [7, 11) is 0. The molecule has 1 aliphatic heterocycles. The number of thiophene rings is 1. The highest BCUT2D eigenvalue weighted by atomic mass is 32.1. The molecule has 7 nitrogen and oxygen atoms in total. The predicted molar refractivity (Wildman–Crippen MR) is 138 cm³/mol. The molecule has 2 amide bonds. The number of amides is 2. The first-order valence-electron chi connectivity index (χ1n) is 12.4. The molecule has 1 N–H and O–H groups in total. The minimum absolute atomic E-state index is 0.0970. The van der Waals surface area contributed by atoms with Gasteiger partial charge in [-0.25, -0.2) is 4.98 Å². The van der Waals surface area contributed by atoms with Crippen LogP contribution in [0.1, 0.15) is 81.1 Å². The number of nitrogens with one attached hydrogen (secondary N) is 1. The number of rotatable bonds is 11. The number of hydrogen-bond donors (Lipinski definition) is 1. The molecule has 192 valence electrons. The number of imidazole rings is 1. The van der Waals surface area contributed by atoms with Crippen molar-refractivity contribution in [3.8, 4) is 0 Å². The topological polar surface area (TPSA) is 70.5 Å². The highest BCUT2D eigenvalue weighted by molar-refractivity contribution is 7.10. The van der Waals surface area contributed by atoms with Gasteiger partial charge in [0.15, 0.2) is 5.13 Å². The van der Waals surface area contributed by atoms with Crippen molar-refractivity contribution in [2.24, 2.45) is 0 Å².